The Labute approximate surface area is 116 Å². The molecule has 1 aliphatic heterocycles. The summed E-state index contributed by atoms with van der Waals surface area (Å²) in [6, 6.07) is 4.25. The van der Waals surface area contributed by atoms with Gasteiger partial charge in [0.1, 0.15) is 0 Å². The lowest BCUT2D eigenvalue weighted by Crippen LogP contribution is -2.37. The van der Waals surface area contributed by atoms with Gasteiger partial charge in [0.2, 0.25) is 5.91 Å². The van der Waals surface area contributed by atoms with Crippen molar-refractivity contribution in [3.8, 4) is 0 Å². The van der Waals surface area contributed by atoms with Crippen LogP contribution in [0, 0.1) is 5.92 Å². The van der Waals surface area contributed by atoms with Crippen molar-refractivity contribution in [1.82, 2.24) is 5.32 Å². The predicted octanol–water partition coefficient (Wildman–Crippen LogP) is 1.98. The van der Waals surface area contributed by atoms with Crippen LogP contribution in [0.1, 0.15) is 23.2 Å². The van der Waals surface area contributed by atoms with E-state index in [1.165, 1.54) is 18.2 Å². The molecule has 19 heavy (non-hydrogen) atoms. The highest BCUT2D eigenvalue weighted by Gasteiger charge is 2.21. The Kier molecular flexibility index (Phi) is 4.39. The van der Waals surface area contributed by atoms with E-state index in [-0.39, 0.29) is 17.4 Å². The fourth-order valence-electron chi connectivity index (χ4n) is 2.06. The average Bonchev–Trinajstić information content (AvgIpc) is 2.42. The molecular weight excluding hydrogens is 268 g/mol. The lowest BCUT2D eigenvalue weighted by molar-refractivity contribution is -0.120. The third-order valence-electron chi connectivity index (χ3n) is 3.14. The summed E-state index contributed by atoms with van der Waals surface area (Å²) in [5.74, 6) is -1.28. The van der Waals surface area contributed by atoms with Gasteiger partial charge >= 0.3 is 5.97 Å². The number of carboxylic acids is 1. The zero-order valence-corrected chi connectivity index (χ0v) is 11.0. The number of hydrogen-bond acceptors (Lipinski definition) is 3. The number of nitrogens with one attached hydrogen (secondary N) is 2. The van der Waals surface area contributed by atoms with Crippen LogP contribution >= 0.6 is 11.6 Å². The van der Waals surface area contributed by atoms with Crippen LogP contribution in [0.4, 0.5) is 5.69 Å². The maximum atomic E-state index is 12.0. The first kappa shape index (κ1) is 13.8. The lowest BCUT2D eigenvalue weighted by Gasteiger charge is -2.22. The van der Waals surface area contributed by atoms with E-state index >= 15 is 0 Å². The number of piperidine rings is 1. The largest absolute Gasteiger partial charge is 0.478 e. The standard InChI is InChI=1S/C13H15ClN2O3/c14-10-4-3-8(13(18)19)6-11(10)16-12(17)9-2-1-5-15-7-9/h3-4,6,9,15H,1-2,5,7H2,(H,16,17)(H,18,19)/t9-/m0/s1. The number of amides is 1. The molecule has 0 spiro atoms. The molecule has 3 N–H and O–H groups in total. The summed E-state index contributed by atoms with van der Waals surface area (Å²) >= 11 is 5.96. The summed E-state index contributed by atoms with van der Waals surface area (Å²) in [6.45, 7) is 1.57. The summed E-state index contributed by atoms with van der Waals surface area (Å²) < 4.78 is 0. The number of anilines is 1. The van der Waals surface area contributed by atoms with Crippen LogP contribution in [0.2, 0.25) is 5.02 Å². The monoisotopic (exact) mass is 282 g/mol. The molecule has 0 saturated carbocycles. The van der Waals surface area contributed by atoms with Gasteiger partial charge < -0.3 is 15.7 Å². The third kappa shape index (κ3) is 3.45. The summed E-state index contributed by atoms with van der Waals surface area (Å²) in [6.07, 6.45) is 1.79. The molecule has 1 atom stereocenters. The number of carbonyl (C=O) groups excluding carboxylic acids is 1. The number of benzene rings is 1. The van der Waals surface area contributed by atoms with E-state index < -0.39 is 5.97 Å². The van der Waals surface area contributed by atoms with Gasteiger partial charge in [-0.05, 0) is 37.6 Å². The molecule has 1 fully saturated rings. The number of carboxylic acid groups (broad SMARTS) is 1. The molecule has 2 rings (SSSR count). The Morgan fingerprint density at radius 2 is 2.21 bits per heavy atom. The predicted molar refractivity (Wildman–Crippen MR) is 72.6 cm³/mol. The highest BCUT2D eigenvalue weighted by molar-refractivity contribution is 6.33. The zero-order chi connectivity index (χ0) is 13.8. The van der Waals surface area contributed by atoms with Gasteiger partial charge in [0.25, 0.3) is 0 Å². The van der Waals surface area contributed by atoms with E-state index in [0.29, 0.717) is 17.3 Å². The zero-order valence-electron chi connectivity index (χ0n) is 10.3. The lowest BCUT2D eigenvalue weighted by atomic mass is 9.99. The fourth-order valence-corrected chi connectivity index (χ4v) is 2.23. The molecule has 0 radical (unpaired) electrons. The molecular formula is C13H15ClN2O3. The van der Waals surface area contributed by atoms with Gasteiger partial charge in [-0.25, -0.2) is 4.79 Å². The van der Waals surface area contributed by atoms with Crippen molar-refractivity contribution >= 4 is 29.2 Å². The number of halogens is 1. The van der Waals surface area contributed by atoms with Gasteiger partial charge in [-0.2, -0.15) is 0 Å². The second kappa shape index (κ2) is 6.04. The van der Waals surface area contributed by atoms with E-state index in [1.54, 1.807) is 0 Å². The van der Waals surface area contributed by atoms with Crippen LogP contribution < -0.4 is 10.6 Å². The van der Waals surface area contributed by atoms with Gasteiger partial charge in [0, 0.05) is 6.54 Å². The highest BCUT2D eigenvalue weighted by atomic mass is 35.5. The van der Waals surface area contributed by atoms with Gasteiger partial charge in [0.05, 0.1) is 22.2 Å². The van der Waals surface area contributed by atoms with Crippen LogP contribution in [0.15, 0.2) is 18.2 Å². The summed E-state index contributed by atoms with van der Waals surface area (Å²) in [5.41, 5.74) is 0.443. The van der Waals surface area contributed by atoms with Crippen molar-refractivity contribution in [2.45, 2.75) is 12.8 Å². The van der Waals surface area contributed by atoms with E-state index in [2.05, 4.69) is 10.6 Å². The molecule has 0 bridgehead atoms. The van der Waals surface area contributed by atoms with Crippen molar-refractivity contribution in [3.63, 3.8) is 0 Å². The van der Waals surface area contributed by atoms with Gasteiger partial charge in [-0.15, -0.1) is 0 Å². The van der Waals surface area contributed by atoms with E-state index in [1.807, 2.05) is 0 Å². The first-order valence-electron chi connectivity index (χ1n) is 6.12. The first-order valence-corrected chi connectivity index (χ1v) is 6.50. The van der Waals surface area contributed by atoms with Crippen LogP contribution in [0.25, 0.3) is 0 Å². The highest BCUT2D eigenvalue weighted by Crippen LogP contribution is 2.24. The minimum atomic E-state index is -1.05. The maximum Gasteiger partial charge on any atom is 0.335 e. The fraction of sp³-hybridized carbons (Fsp3) is 0.385. The summed E-state index contributed by atoms with van der Waals surface area (Å²) in [4.78, 5) is 22.9. The van der Waals surface area contributed by atoms with Crippen LogP contribution in [-0.2, 0) is 4.79 Å². The average molecular weight is 283 g/mol. The van der Waals surface area contributed by atoms with Crippen molar-refractivity contribution in [2.24, 2.45) is 5.92 Å². The number of aromatic carboxylic acids is 1. The van der Waals surface area contributed by atoms with E-state index in [9.17, 15) is 9.59 Å². The molecule has 1 heterocycles. The van der Waals surface area contributed by atoms with Crippen LogP contribution in [-0.4, -0.2) is 30.1 Å². The second-order valence-electron chi connectivity index (χ2n) is 4.53. The molecule has 0 unspecified atom stereocenters. The van der Waals surface area contributed by atoms with Crippen LogP contribution in [0.3, 0.4) is 0 Å². The normalized spacial score (nSPS) is 18.9. The number of hydrogen-bond donors (Lipinski definition) is 3. The van der Waals surface area contributed by atoms with Crippen molar-refractivity contribution in [3.05, 3.63) is 28.8 Å². The van der Waals surface area contributed by atoms with Crippen molar-refractivity contribution in [1.29, 1.82) is 0 Å². The Hall–Kier alpha value is -1.59. The minimum absolute atomic E-state index is 0.0986. The Balaban J connectivity index is 2.11. The molecule has 1 amide bonds. The molecule has 1 aromatic carbocycles. The minimum Gasteiger partial charge on any atom is -0.478 e. The quantitative estimate of drug-likeness (QED) is 0.792. The SMILES string of the molecule is O=C(O)c1ccc(Cl)c(NC(=O)[C@H]2CCCNC2)c1. The summed E-state index contributed by atoms with van der Waals surface area (Å²) in [5, 5.41) is 15.1. The molecule has 1 aromatic rings. The molecule has 0 aromatic heterocycles. The second-order valence-corrected chi connectivity index (χ2v) is 4.94. The molecule has 6 heteroatoms. The smallest absolute Gasteiger partial charge is 0.335 e. The Morgan fingerprint density at radius 3 is 2.84 bits per heavy atom. The third-order valence-corrected chi connectivity index (χ3v) is 3.47. The topological polar surface area (TPSA) is 78.4 Å². The van der Waals surface area contributed by atoms with Crippen molar-refractivity contribution < 1.29 is 14.7 Å². The first-order chi connectivity index (χ1) is 9.08. The number of carbonyl (C=O) groups is 2. The Bertz CT molecular complexity index is 499. The molecule has 102 valence electrons. The Morgan fingerprint density at radius 1 is 1.42 bits per heavy atom. The van der Waals surface area contributed by atoms with Crippen LogP contribution in [0.5, 0.6) is 0 Å². The van der Waals surface area contributed by atoms with E-state index in [0.717, 1.165) is 19.4 Å². The number of rotatable bonds is 3. The maximum absolute atomic E-state index is 12.0. The van der Waals surface area contributed by atoms with Gasteiger partial charge in [-0.3, -0.25) is 4.79 Å². The van der Waals surface area contributed by atoms with Gasteiger partial charge in [0.15, 0.2) is 0 Å². The molecule has 1 aliphatic rings. The van der Waals surface area contributed by atoms with Gasteiger partial charge in [-0.1, -0.05) is 11.6 Å². The molecule has 5 nitrogen and oxygen atoms in total. The summed E-state index contributed by atoms with van der Waals surface area (Å²) in [7, 11) is 0. The van der Waals surface area contributed by atoms with Crippen molar-refractivity contribution in [2.75, 3.05) is 18.4 Å². The molecule has 0 aliphatic carbocycles. The molecule has 1 saturated heterocycles. The van der Waals surface area contributed by atoms with E-state index in [4.69, 9.17) is 16.7 Å².